The van der Waals surface area contributed by atoms with Gasteiger partial charge < -0.3 is 5.32 Å². The summed E-state index contributed by atoms with van der Waals surface area (Å²) in [4.78, 5) is 41.8. The van der Waals surface area contributed by atoms with Crippen molar-refractivity contribution in [3.63, 3.8) is 0 Å². The highest BCUT2D eigenvalue weighted by Gasteiger charge is 2.38. The van der Waals surface area contributed by atoms with Gasteiger partial charge in [-0.15, -0.1) is 0 Å². The summed E-state index contributed by atoms with van der Waals surface area (Å²) in [6.45, 7) is 0.886. The number of amides is 3. The van der Waals surface area contributed by atoms with E-state index in [-0.39, 0.29) is 30.1 Å². The van der Waals surface area contributed by atoms with Crippen molar-refractivity contribution in [3.05, 3.63) is 72.1 Å². The number of pyridine rings is 1. The normalized spacial score (nSPS) is 16.7. The third-order valence-corrected chi connectivity index (χ3v) is 4.67. The maximum Gasteiger partial charge on any atom is 0.243 e. The quantitative estimate of drug-likeness (QED) is 0.436. The molecule has 3 amide bonds. The van der Waals surface area contributed by atoms with E-state index >= 15 is 0 Å². The number of rotatable bonds is 8. The molecule has 6 nitrogen and oxygen atoms in total. The zero-order valence-corrected chi connectivity index (χ0v) is 15.6. The van der Waals surface area contributed by atoms with E-state index in [0.717, 1.165) is 11.1 Å². The highest BCUT2D eigenvalue weighted by atomic mass is 16.2. The molecule has 2 aromatic rings. The number of aromatic nitrogens is 1. The van der Waals surface area contributed by atoms with E-state index in [0.29, 0.717) is 25.9 Å². The highest BCUT2D eigenvalue weighted by Crippen LogP contribution is 2.29. The predicted octanol–water partition coefficient (Wildman–Crippen LogP) is 2.53. The number of benzene rings is 1. The van der Waals surface area contributed by atoms with Gasteiger partial charge in [-0.05, 0) is 36.1 Å². The van der Waals surface area contributed by atoms with Gasteiger partial charge in [-0.3, -0.25) is 24.3 Å². The van der Waals surface area contributed by atoms with Crippen molar-refractivity contribution in [2.45, 2.75) is 25.2 Å². The first-order valence-electron chi connectivity index (χ1n) is 9.40. The second kappa shape index (κ2) is 9.60. The molecule has 1 N–H and O–H groups in total. The van der Waals surface area contributed by atoms with Gasteiger partial charge in [0.2, 0.25) is 17.7 Å². The van der Waals surface area contributed by atoms with E-state index in [1.807, 2.05) is 36.4 Å². The smallest absolute Gasteiger partial charge is 0.243 e. The Hall–Kier alpha value is -3.28. The van der Waals surface area contributed by atoms with E-state index < -0.39 is 0 Å². The van der Waals surface area contributed by atoms with Gasteiger partial charge in [0.15, 0.2) is 0 Å². The third-order valence-electron chi connectivity index (χ3n) is 4.67. The van der Waals surface area contributed by atoms with Crippen LogP contribution in [0, 0.1) is 0 Å². The average molecular weight is 377 g/mol. The first-order valence-corrected chi connectivity index (χ1v) is 9.40. The first-order chi connectivity index (χ1) is 13.6. The molecule has 1 aliphatic rings. The molecule has 1 aromatic carbocycles. The van der Waals surface area contributed by atoms with Crippen molar-refractivity contribution < 1.29 is 14.4 Å². The minimum atomic E-state index is -0.369. The van der Waals surface area contributed by atoms with Crippen LogP contribution in [0.2, 0.25) is 0 Å². The number of hydrogen-bond acceptors (Lipinski definition) is 4. The molecule has 1 atom stereocenters. The van der Waals surface area contributed by atoms with Crippen molar-refractivity contribution in [1.29, 1.82) is 0 Å². The summed E-state index contributed by atoms with van der Waals surface area (Å²) in [5, 5.41) is 2.80. The summed E-state index contributed by atoms with van der Waals surface area (Å²) in [5.74, 6) is -0.797. The van der Waals surface area contributed by atoms with Crippen LogP contribution in [0.15, 0.2) is 60.9 Å². The monoisotopic (exact) mass is 377 g/mol. The fraction of sp³-hybridized carbons (Fsp3) is 0.273. The summed E-state index contributed by atoms with van der Waals surface area (Å²) >= 11 is 0. The number of hydrogen-bond donors (Lipinski definition) is 1. The molecule has 1 unspecified atom stereocenters. The molecule has 0 saturated carbocycles. The lowest BCUT2D eigenvalue weighted by Crippen LogP contribution is -2.32. The van der Waals surface area contributed by atoms with E-state index in [4.69, 9.17) is 0 Å². The number of imide groups is 1. The van der Waals surface area contributed by atoms with Crippen LogP contribution in [0.25, 0.3) is 6.08 Å². The van der Waals surface area contributed by atoms with Crippen LogP contribution in [0.5, 0.6) is 0 Å². The topological polar surface area (TPSA) is 79.4 Å². The number of unbranched alkanes of at least 4 members (excludes halogenated alkanes) is 1. The molecule has 0 spiro atoms. The van der Waals surface area contributed by atoms with E-state index in [1.54, 1.807) is 24.5 Å². The molecule has 1 aliphatic heterocycles. The lowest BCUT2D eigenvalue weighted by atomic mass is 9.98. The SMILES string of the molecule is O=C(/C=C/c1cccnc1)NCCCCN1C(=O)CC(c2ccccc2)C1=O. The minimum absolute atomic E-state index is 0.123. The van der Waals surface area contributed by atoms with Gasteiger partial charge in [0.1, 0.15) is 0 Å². The molecule has 6 heteroatoms. The summed E-state index contributed by atoms with van der Waals surface area (Å²) in [5.41, 5.74) is 1.74. The molecule has 28 heavy (non-hydrogen) atoms. The molecule has 1 fully saturated rings. The number of nitrogens with zero attached hydrogens (tertiary/aromatic N) is 2. The van der Waals surface area contributed by atoms with Crippen LogP contribution in [-0.4, -0.2) is 40.7 Å². The molecule has 1 aromatic heterocycles. The van der Waals surface area contributed by atoms with Gasteiger partial charge in [-0.1, -0.05) is 36.4 Å². The van der Waals surface area contributed by atoms with Crippen molar-refractivity contribution in [1.82, 2.24) is 15.2 Å². The third kappa shape index (κ3) is 5.13. The second-order valence-corrected chi connectivity index (χ2v) is 6.67. The number of carbonyl (C=O) groups excluding carboxylic acids is 3. The number of carbonyl (C=O) groups is 3. The van der Waals surface area contributed by atoms with Crippen molar-refractivity contribution >= 4 is 23.8 Å². The van der Waals surface area contributed by atoms with Crippen molar-refractivity contribution in [2.75, 3.05) is 13.1 Å². The number of nitrogens with one attached hydrogen (secondary N) is 1. The molecule has 144 valence electrons. The largest absolute Gasteiger partial charge is 0.353 e. The van der Waals surface area contributed by atoms with E-state index in [9.17, 15) is 14.4 Å². The van der Waals surface area contributed by atoms with Crippen LogP contribution in [0.4, 0.5) is 0 Å². The van der Waals surface area contributed by atoms with Crippen LogP contribution in [-0.2, 0) is 14.4 Å². The molecular weight excluding hydrogens is 354 g/mol. The van der Waals surface area contributed by atoms with Gasteiger partial charge in [0.25, 0.3) is 0 Å². The maximum absolute atomic E-state index is 12.5. The van der Waals surface area contributed by atoms with Crippen LogP contribution in [0.1, 0.15) is 36.3 Å². The van der Waals surface area contributed by atoms with Crippen molar-refractivity contribution in [3.8, 4) is 0 Å². The zero-order valence-electron chi connectivity index (χ0n) is 15.6. The fourth-order valence-corrected chi connectivity index (χ4v) is 3.18. The summed E-state index contributed by atoms with van der Waals surface area (Å²) < 4.78 is 0. The Morgan fingerprint density at radius 2 is 1.96 bits per heavy atom. The van der Waals surface area contributed by atoms with Gasteiger partial charge >= 0.3 is 0 Å². The van der Waals surface area contributed by atoms with Gasteiger partial charge in [0.05, 0.1) is 5.92 Å². The van der Waals surface area contributed by atoms with Crippen molar-refractivity contribution in [2.24, 2.45) is 0 Å². The Kier molecular flexibility index (Phi) is 6.68. The highest BCUT2D eigenvalue weighted by molar-refractivity contribution is 6.06. The van der Waals surface area contributed by atoms with E-state index in [2.05, 4.69) is 10.3 Å². The molecule has 0 radical (unpaired) electrons. The molecule has 3 rings (SSSR count). The van der Waals surface area contributed by atoms with Crippen LogP contribution in [0.3, 0.4) is 0 Å². The Bertz CT molecular complexity index is 850. The van der Waals surface area contributed by atoms with Crippen LogP contribution >= 0.6 is 0 Å². The summed E-state index contributed by atoms with van der Waals surface area (Å²) in [6, 6.07) is 13.1. The maximum atomic E-state index is 12.5. The number of likely N-dealkylation sites (tertiary alicyclic amines) is 1. The van der Waals surface area contributed by atoms with Crippen LogP contribution < -0.4 is 5.32 Å². The lowest BCUT2D eigenvalue weighted by molar-refractivity contribution is -0.138. The first kappa shape index (κ1) is 19.5. The Morgan fingerprint density at radius 1 is 1.14 bits per heavy atom. The van der Waals surface area contributed by atoms with E-state index in [1.165, 1.54) is 11.0 Å². The molecular formula is C22H23N3O3. The molecule has 2 heterocycles. The Labute approximate surface area is 164 Å². The Morgan fingerprint density at radius 3 is 2.71 bits per heavy atom. The van der Waals surface area contributed by atoms with Gasteiger partial charge in [0, 0.05) is 38.0 Å². The molecule has 0 aliphatic carbocycles. The predicted molar refractivity (Wildman–Crippen MR) is 106 cm³/mol. The molecule has 0 bridgehead atoms. The lowest BCUT2D eigenvalue weighted by Gasteiger charge is -2.15. The summed E-state index contributed by atoms with van der Waals surface area (Å²) in [7, 11) is 0. The summed E-state index contributed by atoms with van der Waals surface area (Å²) in [6.07, 6.45) is 8.11. The molecule has 1 saturated heterocycles. The Balaban J connectivity index is 1.38. The second-order valence-electron chi connectivity index (χ2n) is 6.67. The standard InChI is InChI=1S/C22H23N3O3/c26-20(11-10-17-7-6-12-23-16-17)24-13-4-5-14-25-21(27)15-19(22(25)28)18-8-2-1-3-9-18/h1-3,6-12,16,19H,4-5,13-15H2,(H,24,26)/b11-10+. The average Bonchev–Trinajstić information content (AvgIpc) is 3.01. The fourth-order valence-electron chi connectivity index (χ4n) is 3.18. The zero-order chi connectivity index (χ0) is 19.8. The van der Waals surface area contributed by atoms with Gasteiger partial charge in [-0.2, -0.15) is 0 Å². The minimum Gasteiger partial charge on any atom is -0.353 e. The van der Waals surface area contributed by atoms with Gasteiger partial charge in [-0.25, -0.2) is 0 Å².